The third-order valence-corrected chi connectivity index (χ3v) is 7.90. The van der Waals surface area contributed by atoms with Crippen LogP contribution in [0, 0.1) is 11.7 Å². The Morgan fingerprint density at radius 3 is 2.88 bits per heavy atom. The van der Waals surface area contributed by atoms with Gasteiger partial charge in [-0.3, -0.25) is 9.62 Å². The lowest BCUT2D eigenvalue weighted by molar-refractivity contribution is 0.0596. The molecular weight excluding hydrogens is 447 g/mol. The maximum Gasteiger partial charge on any atom is 0.343 e. The molecule has 0 radical (unpaired) electrons. The van der Waals surface area contributed by atoms with Gasteiger partial charge in [0.15, 0.2) is 0 Å². The van der Waals surface area contributed by atoms with E-state index in [9.17, 15) is 17.6 Å². The van der Waals surface area contributed by atoms with E-state index >= 15 is 0 Å². The van der Waals surface area contributed by atoms with Gasteiger partial charge in [0.25, 0.3) is 10.0 Å². The summed E-state index contributed by atoms with van der Waals surface area (Å²) in [5, 5.41) is 0. The molecule has 2 unspecified atom stereocenters. The number of halogens is 1. The van der Waals surface area contributed by atoms with Crippen molar-refractivity contribution in [2.24, 2.45) is 5.92 Å². The van der Waals surface area contributed by atoms with Crippen molar-refractivity contribution in [1.82, 2.24) is 4.90 Å². The predicted molar refractivity (Wildman–Crippen MR) is 124 cm³/mol. The Morgan fingerprint density at radius 2 is 2.15 bits per heavy atom. The zero-order valence-electron chi connectivity index (χ0n) is 18.2. The molecule has 2 aliphatic heterocycles. The minimum absolute atomic E-state index is 0. The van der Waals surface area contributed by atoms with Crippen molar-refractivity contribution < 1.29 is 28.5 Å². The summed E-state index contributed by atoms with van der Waals surface area (Å²) in [6, 6.07) is 6.87. The molecule has 9 heteroatoms. The predicted octanol–water partition coefficient (Wildman–Crippen LogP) is 3.87. The largest absolute Gasteiger partial charge is 0.492 e. The quantitative estimate of drug-likeness (QED) is 0.614. The highest BCUT2D eigenvalue weighted by Gasteiger charge is 2.45. The first-order valence-corrected chi connectivity index (χ1v) is 12.4. The molecule has 3 aliphatic rings. The molecule has 0 bridgehead atoms. The van der Waals surface area contributed by atoms with Crippen LogP contribution in [-0.4, -0.2) is 52.6 Å². The number of anilines is 1. The lowest BCUT2D eigenvalue weighted by atomic mass is 10.0. The highest BCUT2D eigenvalue weighted by atomic mass is 32.2. The van der Waals surface area contributed by atoms with Crippen molar-refractivity contribution in [2.45, 2.75) is 23.7 Å². The molecule has 0 amide bonds. The second-order valence-electron chi connectivity index (χ2n) is 8.66. The number of carbonyl (C=O) groups excluding carboxylic acids is 1. The number of methoxy groups -OCH3 is 1. The monoisotopic (exact) mass is 474 g/mol. The van der Waals surface area contributed by atoms with Crippen LogP contribution in [0.15, 0.2) is 41.3 Å². The summed E-state index contributed by atoms with van der Waals surface area (Å²) in [5.74, 6) is -0.0839. The Hall–Kier alpha value is -2.91. The van der Waals surface area contributed by atoms with Gasteiger partial charge >= 0.3 is 5.97 Å². The molecule has 2 aromatic carbocycles. The highest BCUT2D eigenvalue weighted by Crippen LogP contribution is 2.55. The van der Waals surface area contributed by atoms with Crippen LogP contribution in [0.5, 0.6) is 5.75 Å². The maximum atomic E-state index is 13.9. The van der Waals surface area contributed by atoms with Crippen LogP contribution >= 0.6 is 0 Å². The van der Waals surface area contributed by atoms with Crippen molar-refractivity contribution in [3.63, 3.8) is 0 Å². The molecule has 7 nitrogen and oxygen atoms in total. The Bertz CT molecular complexity index is 1250. The van der Waals surface area contributed by atoms with Crippen LogP contribution in [0.3, 0.4) is 0 Å². The number of hydrogen-bond acceptors (Lipinski definition) is 6. The first-order chi connectivity index (χ1) is 15.9. The standard InChI is InChI=1S/C24H25FN2O5S.H2/c1-31-24(28)22-20(7-6-18-19-13-16(19)14-32-23(18)22)26-33(29,30)21-8-5-17(25)12-15(21)4-2-9-27-10-3-11-27;/h2,4-8,12,16,19,26H,3,9-11,13-14H2,1H3;1H/b4-2-;. The normalized spacial score (nSPS) is 21.5. The smallest absolute Gasteiger partial charge is 0.343 e. The van der Waals surface area contributed by atoms with E-state index in [4.69, 9.17) is 9.47 Å². The van der Waals surface area contributed by atoms with Gasteiger partial charge in [0, 0.05) is 13.9 Å². The lowest BCUT2D eigenvalue weighted by Crippen LogP contribution is -2.36. The Balaban J connectivity index is 0.00000274. The number of ether oxygens (including phenoxy) is 2. The molecule has 2 heterocycles. The second-order valence-corrected chi connectivity index (χ2v) is 10.3. The number of hydrogen-bond donors (Lipinski definition) is 1. The number of sulfonamides is 1. The Kier molecular flexibility index (Phi) is 5.62. The van der Waals surface area contributed by atoms with Crippen molar-refractivity contribution in [3.05, 3.63) is 58.9 Å². The number of nitrogens with one attached hydrogen (secondary N) is 1. The first-order valence-electron chi connectivity index (χ1n) is 11.0. The molecule has 33 heavy (non-hydrogen) atoms. The summed E-state index contributed by atoms with van der Waals surface area (Å²) in [6.45, 7) is 3.15. The van der Waals surface area contributed by atoms with Gasteiger partial charge in [-0.15, -0.1) is 0 Å². The maximum absolute atomic E-state index is 13.9. The molecule has 0 aromatic heterocycles. The molecular formula is C24H27FN2O5S. The fraction of sp³-hybridized carbons (Fsp3) is 0.375. The van der Waals surface area contributed by atoms with Gasteiger partial charge in [-0.1, -0.05) is 18.2 Å². The lowest BCUT2D eigenvalue weighted by Gasteiger charge is -2.29. The zero-order valence-corrected chi connectivity index (χ0v) is 19.0. The van der Waals surface area contributed by atoms with Gasteiger partial charge in [-0.25, -0.2) is 17.6 Å². The van der Waals surface area contributed by atoms with Crippen molar-refractivity contribution >= 4 is 27.8 Å². The number of carbonyl (C=O) groups is 1. The highest BCUT2D eigenvalue weighted by molar-refractivity contribution is 7.92. The first kappa shape index (κ1) is 21.9. The molecule has 0 spiro atoms. The molecule has 176 valence electrons. The topological polar surface area (TPSA) is 84.9 Å². The number of nitrogens with zero attached hydrogens (tertiary/aromatic N) is 1. The van der Waals surface area contributed by atoms with Gasteiger partial charge in [-0.2, -0.15) is 0 Å². The van der Waals surface area contributed by atoms with Crippen LogP contribution in [-0.2, 0) is 14.8 Å². The SMILES string of the molecule is COC(=O)c1c(NS(=O)(=O)c2ccc(F)cc2/C=C\CN2CCC2)ccc2c1OCC1CC21.[HH]. The number of benzene rings is 2. The van der Waals surface area contributed by atoms with E-state index in [-0.39, 0.29) is 23.1 Å². The van der Waals surface area contributed by atoms with E-state index in [1.54, 1.807) is 18.2 Å². The van der Waals surface area contributed by atoms with Crippen LogP contribution in [0.25, 0.3) is 6.08 Å². The Morgan fingerprint density at radius 1 is 1.33 bits per heavy atom. The second kappa shape index (κ2) is 8.46. The summed E-state index contributed by atoms with van der Waals surface area (Å²) in [4.78, 5) is 14.7. The Labute approximate surface area is 193 Å². The van der Waals surface area contributed by atoms with E-state index in [1.165, 1.54) is 19.2 Å². The third kappa shape index (κ3) is 4.22. The van der Waals surface area contributed by atoms with Gasteiger partial charge in [0.2, 0.25) is 0 Å². The van der Waals surface area contributed by atoms with Crippen LogP contribution in [0.1, 0.15) is 41.7 Å². The van der Waals surface area contributed by atoms with Gasteiger partial charge in [0.05, 0.1) is 24.3 Å². The number of esters is 1. The summed E-state index contributed by atoms with van der Waals surface area (Å²) < 4.78 is 53.8. The van der Waals surface area contributed by atoms with Crippen LogP contribution in [0.2, 0.25) is 0 Å². The van der Waals surface area contributed by atoms with E-state index in [0.717, 1.165) is 37.6 Å². The molecule has 1 saturated heterocycles. The number of fused-ring (bicyclic) bond motifs is 3. The van der Waals surface area contributed by atoms with Gasteiger partial charge < -0.3 is 9.47 Å². The van der Waals surface area contributed by atoms with E-state index in [1.807, 2.05) is 6.08 Å². The minimum atomic E-state index is -4.14. The summed E-state index contributed by atoms with van der Waals surface area (Å²) in [7, 11) is -2.90. The zero-order chi connectivity index (χ0) is 23.2. The van der Waals surface area contributed by atoms with Crippen LogP contribution in [0.4, 0.5) is 10.1 Å². The fourth-order valence-corrected chi connectivity index (χ4v) is 5.68. The van der Waals surface area contributed by atoms with Crippen LogP contribution < -0.4 is 9.46 Å². The van der Waals surface area contributed by atoms with Crippen molar-refractivity contribution in [3.8, 4) is 5.75 Å². The van der Waals surface area contributed by atoms with E-state index in [0.29, 0.717) is 30.7 Å². The molecule has 1 N–H and O–H groups in total. The average molecular weight is 475 g/mol. The molecule has 2 fully saturated rings. The molecule has 2 atom stereocenters. The molecule has 5 rings (SSSR count). The summed E-state index contributed by atoms with van der Waals surface area (Å²) in [5.41, 5.74) is 1.25. The van der Waals surface area contributed by atoms with Crippen molar-refractivity contribution in [1.29, 1.82) is 0 Å². The summed E-state index contributed by atoms with van der Waals surface area (Å²) >= 11 is 0. The molecule has 1 saturated carbocycles. The van der Waals surface area contributed by atoms with Crippen molar-refractivity contribution in [2.75, 3.05) is 38.1 Å². The van der Waals surface area contributed by atoms with Gasteiger partial charge in [0.1, 0.15) is 17.1 Å². The number of rotatable bonds is 7. The fourth-order valence-electron chi connectivity index (χ4n) is 4.43. The minimum Gasteiger partial charge on any atom is -0.492 e. The van der Waals surface area contributed by atoms with E-state index < -0.39 is 21.8 Å². The molecule has 2 aromatic rings. The molecule has 1 aliphatic carbocycles. The number of likely N-dealkylation sites (tertiary alicyclic amines) is 1. The summed E-state index contributed by atoms with van der Waals surface area (Å²) in [6.07, 6.45) is 5.57. The average Bonchev–Trinajstić information content (AvgIpc) is 3.54. The van der Waals surface area contributed by atoms with E-state index in [2.05, 4.69) is 9.62 Å². The third-order valence-electron chi connectivity index (χ3n) is 6.46. The van der Waals surface area contributed by atoms with Gasteiger partial charge in [-0.05, 0) is 67.2 Å².